The maximum absolute atomic E-state index is 11.7. The minimum absolute atomic E-state index is 0.260. The van der Waals surface area contributed by atoms with Gasteiger partial charge in [-0.3, -0.25) is 0 Å². The van der Waals surface area contributed by atoms with Crippen LogP contribution >= 0.6 is 11.3 Å². The molecule has 0 saturated heterocycles. The van der Waals surface area contributed by atoms with Crippen LogP contribution in [0.25, 0.3) is 10.7 Å². The maximum Gasteiger partial charge on any atom is 0.319 e. The lowest BCUT2D eigenvalue weighted by Crippen LogP contribution is -2.30. The zero-order valence-electron chi connectivity index (χ0n) is 11.7. The molecule has 0 bridgehead atoms. The first-order valence-electron chi connectivity index (χ1n) is 6.77. The number of amides is 2. The molecule has 3 rings (SSSR count). The second kappa shape index (κ2) is 6.86. The van der Waals surface area contributed by atoms with Gasteiger partial charge in [-0.15, -0.1) is 11.3 Å². The highest BCUT2D eigenvalue weighted by molar-refractivity contribution is 7.13. The molecule has 7 heteroatoms. The Morgan fingerprint density at radius 2 is 2.05 bits per heavy atom. The standard InChI is InChI=1S/C15H14N4O2S/c20-15(17-11-5-2-1-3-6-11)16-9-8-13-18-14(19-21-13)12-7-4-10-22-12/h1-7,10H,8-9H2,(H2,16,17,20). The summed E-state index contributed by atoms with van der Waals surface area (Å²) in [5, 5.41) is 11.4. The van der Waals surface area contributed by atoms with Gasteiger partial charge in [0.05, 0.1) is 4.88 Å². The lowest BCUT2D eigenvalue weighted by atomic mass is 10.3. The van der Waals surface area contributed by atoms with Crippen LogP contribution in [-0.2, 0) is 6.42 Å². The highest BCUT2D eigenvalue weighted by atomic mass is 32.1. The van der Waals surface area contributed by atoms with Gasteiger partial charge in [-0.1, -0.05) is 29.4 Å². The van der Waals surface area contributed by atoms with Gasteiger partial charge in [0.1, 0.15) is 0 Å². The van der Waals surface area contributed by atoms with Crippen LogP contribution in [-0.4, -0.2) is 22.7 Å². The molecular formula is C15H14N4O2S. The largest absolute Gasteiger partial charge is 0.339 e. The molecule has 0 aliphatic carbocycles. The number of hydrogen-bond acceptors (Lipinski definition) is 5. The molecule has 1 aromatic carbocycles. The first kappa shape index (κ1) is 14.3. The number of benzene rings is 1. The highest BCUT2D eigenvalue weighted by Crippen LogP contribution is 2.21. The number of hydrogen-bond donors (Lipinski definition) is 2. The summed E-state index contributed by atoms with van der Waals surface area (Å²) in [5.41, 5.74) is 0.748. The van der Waals surface area contributed by atoms with Gasteiger partial charge in [0.25, 0.3) is 0 Å². The second-order valence-corrected chi connectivity index (χ2v) is 5.43. The summed E-state index contributed by atoms with van der Waals surface area (Å²) in [6.45, 7) is 0.421. The van der Waals surface area contributed by atoms with E-state index in [9.17, 15) is 4.79 Å². The molecular weight excluding hydrogens is 300 g/mol. The SMILES string of the molecule is O=C(NCCc1nc(-c2cccs2)no1)Nc1ccccc1. The Kier molecular flexibility index (Phi) is 4.45. The fraction of sp³-hybridized carbons (Fsp3) is 0.133. The molecule has 2 N–H and O–H groups in total. The number of nitrogens with one attached hydrogen (secondary N) is 2. The Bertz CT molecular complexity index is 725. The van der Waals surface area contributed by atoms with Crippen molar-refractivity contribution >= 4 is 23.1 Å². The number of carbonyl (C=O) groups excluding carboxylic acids is 1. The average molecular weight is 314 g/mol. The molecule has 22 heavy (non-hydrogen) atoms. The number of aromatic nitrogens is 2. The van der Waals surface area contributed by atoms with E-state index in [-0.39, 0.29) is 6.03 Å². The van der Waals surface area contributed by atoms with Gasteiger partial charge < -0.3 is 15.2 Å². The fourth-order valence-electron chi connectivity index (χ4n) is 1.84. The van der Waals surface area contributed by atoms with E-state index in [1.807, 2.05) is 47.8 Å². The van der Waals surface area contributed by atoms with E-state index < -0.39 is 0 Å². The summed E-state index contributed by atoms with van der Waals surface area (Å²) in [4.78, 5) is 17.0. The molecule has 0 saturated carbocycles. The zero-order chi connectivity index (χ0) is 15.2. The smallest absolute Gasteiger partial charge is 0.319 e. The molecule has 0 aliphatic heterocycles. The molecule has 6 nitrogen and oxygen atoms in total. The first-order chi connectivity index (χ1) is 10.8. The van der Waals surface area contributed by atoms with E-state index in [1.54, 1.807) is 11.3 Å². The normalized spacial score (nSPS) is 10.4. The molecule has 0 aliphatic rings. The van der Waals surface area contributed by atoms with Gasteiger partial charge in [-0.05, 0) is 23.6 Å². The van der Waals surface area contributed by atoms with Crippen molar-refractivity contribution in [3.63, 3.8) is 0 Å². The van der Waals surface area contributed by atoms with Gasteiger partial charge in [0, 0.05) is 18.7 Å². The van der Waals surface area contributed by atoms with Crippen molar-refractivity contribution < 1.29 is 9.32 Å². The maximum atomic E-state index is 11.7. The Hall–Kier alpha value is -2.67. The molecule has 0 unspecified atom stereocenters. The number of rotatable bonds is 5. The predicted molar refractivity (Wildman–Crippen MR) is 84.8 cm³/mol. The molecule has 0 spiro atoms. The molecule has 112 valence electrons. The second-order valence-electron chi connectivity index (χ2n) is 4.49. The van der Waals surface area contributed by atoms with Crippen LogP contribution in [0.4, 0.5) is 10.5 Å². The van der Waals surface area contributed by atoms with E-state index in [0.717, 1.165) is 10.6 Å². The van der Waals surface area contributed by atoms with Crippen LogP contribution < -0.4 is 10.6 Å². The van der Waals surface area contributed by atoms with Crippen LogP contribution in [0.15, 0.2) is 52.4 Å². The van der Waals surface area contributed by atoms with Crippen molar-refractivity contribution in [1.29, 1.82) is 0 Å². The number of urea groups is 1. The number of para-hydroxylation sites is 1. The third-order valence-electron chi connectivity index (χ3n) is 2.87. The Morgan fingerprint density at radius 3 is 2.82 bits per heavy atom. The average Bonchev–Trinajstić information content (AvgIpc) is 3.19. The third-order valence-corrected chi connectivity index (χ3v) is 3.73. The molecule has 0 atom stereocenters. The fourth-order valence-corrected chi connectivity index (χ4v) is 2.49. The zero-order valence-corrected chi connectivity index (χ0v) is 12.5. The quantitative estimate of drug-likeness (QED) is 0.758. The molecule has 0 radical (unpaired) electrons. The van der Waals surface area contributed by atoms with Gasteiger partial charge in [0.2, 0.25) is 11.7 Å². The Labute approximate surface area is 131 Å². The summed E-state index contributed by atoms with van der Waals surface area (Å²) < 4.78 is 5.16. The van der Waals surface area contributed by atoms with Crippen molar-refractivity contribution in [2.45, 2.75) is 6.42 Å². The van der Waals surface area contributed by atoms with E-state index in [0.29, 0.717) is 24.7 Å². The summed E-state index contributed by atoms with van der Waals surface area (Å²) in [5.74, 6) is 1.09. The molecule has 2 heterocycles. The van der Waals surface area contributed by atoms with Crippen molar-refractivity contribution in [2.75, 3.05) is 11.9 Å². The Morgan fingerprint density at radius 1 is 1.18 bits per heavy atom. The number of nitrogens with zero attached hydrogens (tertiary/aromatic N) is 2. The van der Waals surface area contributed by atoms with Crippen LogP contribution in [0.2, 0.25) is 0 Å². The number of thiophene rings is 1. The Balaban J connectivity index is 1.46. The minimum atomic E-state index is -0.260. The lowest BCUT2D eigenvalue weighted by Gasteiger charge is -2.05. The van der Waals surface area contributed by atoms with E-state index in [2.05, 4.69) is 20.8 Å². The van der Waals surface area contributed by atoms with Crippen LogP contribution in [0, 0.1) is 0 Å². The van der Waals surface area contributed by atoms with Gasteiger partial charge >= 0.3 is 6.03 Å². The van der Waals surface area contributed by atoms with Gasteiger partial charge in [0.15, 0.2) is 0 Å². The third kappa shape index (κ3) is 3.70. The number of carbonyl (C=O) groups is 1. The van der Waals surface area contributed by atoms with Crippen molar-refractivity contribution in [3.05, 3.63) is 53.7 Å². The molecule has 3 aromatic rings. The predicted octanol–water partition coefficient (Wildman–Crippen LogP) is 3.16. The summed E-state index contributed by atoms with van der Waals surface area (Å²) in [6.07, 6.45) is 0.487. The van der Waals surface area contributed by atoms with Crippen LogP contribution in [0.5, 0.6) is 0 Å². The molecule has 2 aromatic heterocycles. The monoisotopic (exact) mass is 314 g/mol. The van der Waals surface area contributed by atoms with E-state index >= 15 is 0 Å². The lowest BCUT2D eigenvalue weighted by molar-refractivity contribution is 0.252. The van der Waals surface area contributed by atoms with E-state index in [1.165, 1.54) is 0 Å². The van der Waals surface area contributed by atoms with E-state index in [4.69, 9.17) is 4.52 Å². The van der Waals surface area contributed by atoms with Crippen molar-refractivity contribution in [2.24, 2.45) is 0 Å². The van der Waals surface area contributed by atoms with Crippen molar-refractivity contribution in [3.8, 4) is 10.7 Å². The molecule has 0 fully saturated rings. The van der Waals surface area contributed by atoms with Crippen LogP contribution in [0.3, 0.4) is 0 Å². The first-order valence-corrected chi connectivity index (χ1v) is 7.65. The summed E-state index contributed by atoms with van der Waals surface area (Å²) >= 11 is 1.55. The summed E-state index contributed by atoms with van der Waals surface area (Å²) in [7, 11) is 0. The minimum Gasteiger partial charge on any atom is -0.339 e. The van der Waals surface area contributed by atoms with Gasteiger partial charge in [-0.25, -0.2) is 4.79 Å². The number of anilines is 1. The molecule has 2 amide bonds. The van der Waals surface area contributed by atoms with Crippen LogP contribution in [0.1, 0.15) is 5.89 Å². The van der Waals surface area contributed by atoms with Gasteiger partial charge in [-0.2, -0.15) is 4.98 Å². The van der Waals surface area contributed by atoms with Crippen molar-refractivity contribution in [1.82, 2.24) is 15.5 Å². The topological polar surface area (TPSA) is 80.1 Å². The highest BCUT2D eigenvalue weighted by Gasteiger charge is 2.09. The summed E-state index contributed by atoms with van der Waals surface area (Å²) in [6, 6.07) is 12.9.